The highest BCUT2D eigenvalue weighted by molar-refractivity contribution is 7.71. The van der Waals surface area contributed by atoms with Crippen LogP contribution in [-0.2, 0) is 11.3 Å². The molecular weight excluding hydrogens is 248 g/mol. The van der Waals surface area contributed by atoms with Crippen LogP contribution in [0, 0.1) is 4.77 Å². The molecule has 1 aromatic heterocycles. The minimum atomic E-state index is 0.131. The fraction of sp³-hybridized carbons (Fsp3) is 0.462. The minimum absolute atomic E-state index is 0.131. The Morgan fingerprint density at radius 3 is 2.89 bits per heavy atom. The van der Waals surface area contributed by atoms with Crippen molar-refractivity contribution >= 4 is 23.3 Å². The third-order valence-corrected chi connectivity index (χ3v) is 3.20. The lowest BCUT2D eigenvalue weighted by Crippen LogP contribution is -2.16. The molecule has 0 radical (unpaired) electrons. The van der Waals surface area contributed by atoms with E-state index < -0.39 is 0 Å². The molecule has 0 saturated carbocycles. The number of imidazole rings is 1. The summed E-state index contributed by atoms with van der Waals surface area (Å²) in [7, 11) is 1.66. The zero-order chi connectivity index (χ0) is 13.1. The number of aromatic amines is 1. The topological polar surface area (TPSA) is 39.2 Å². The third kappa shape index (κ3) is 2.57. The molecule has 0 bridgehead atoms. The van der Waals surface area contributed by atoms with Gasteiger partial charge in [-0.25, -0.2) is 0 Å². The van der Waals surface area contributed by atoms with Crippen molar-refractivity contribution in [1.29, 1.82) is 0 Å². The van der Waals surface area contributed by atoms with Crippen LogP contribution in [0.5, 0.6) is 5.75 Å². The number of methoxy groups -OCH3 is 1. The van der Waals surface area contributed by atoms with Gasteiger partial charge in [0, 0.05) is 12.7 Å². The van der Waals surface area contributed by atoms with Crippen molar-refractivity contribution in [3.05, 3.63) is 23.0 Å². The summed E-state index contributed by atoms with van der Waals surface area (Å²) in [4.78, 5) is 3.19. The Bertz CT molecular complexity index is 588. The molecule has 0 aliphatic carbocycles. The number of fused-ring (bicyclic) bond motifs is 1. The molecule has 0 aliphatic rings. The summed E-state index contributed by atoms with van der Waals surface area (Å²) >= 11 is 5.35. The lowest BCUT2D eigenvalue weighted by atomic mass is 10.3. The fourth-order valence-corrected chi connectivity index (χ4v) is 2.32. The monoisotopic (exact) mass is 266 g/mol. The zero-order valence-electron chi connectivity index (χ0n) is 10.9. The average molecular weight is 266 g/mol. The van der Waals surface area contributed by atoms with Gasteiger partial charge in [0.1, 0.15) is 5.75 Å². The number of aromatic nitrogens is 2. The van der Waals surface area contributed by atoms with E-state index >= 15 is 0 Å². The van der Waals surface area contributed by atoms with E-state index in [4.69, 9.17) is 21.7 Å². The highest BCUT2D eigenvalue weighted by Crippen LogP contribution is 2.21. The van der Waals surface area contributed by atoms with Crippen LogP contribution in [0.25, 0.3) is 11.0 Å². The minimum Gasteiger partial charge on any atom is -0.497 e. The van der Waals surface area contributed by atoms with Gasteiger partial charge in [0.2, 0.25) is 0 Å². The first-order chi connectivity index (χ1) is 8.65. The van der Waals surface area contributed by atoms with Crippen molar-refractivity contribution in [3.8, 4) is 5.75 Å². The number of nitrogens with zero attached hydrogens (tertiary/aromatic N) is 1. The van der Waals surface area contributed by atoms with Gasteiger partial charge in [-0.2, -0.15) is 0 Å². The molecule has 1 aromatic carbocycles. The summed E-state index contributed by atoms with van der Waals surface area (Å²) in [6.07, 6.45) is 0.131. The molecule has 1 unspecified atom stereocenters. The van der Waals surface area contributed by atoms with Crippen molar-refractivity contribution in [2.75, 3.05) is 13.7 Å². The normalized spacial score (nSPS) is 12.8. The number of rotatable bonds is 5. The van der Waals surface area contributed by atoms with Crippen LogP contribution in [-0.4, -0.2) is 29.4 Å². The Kier molecular flexibility index (Phi) is 4.04. The van der Waals surface area contributed by atoms with E-state index in [1.165, 1.54) is 0 Å². The summed E-state index contributed by atoms with van der Waals surface area (Å²) in [5.41, 5.74) is 2.07. The maximum Gasteiger partial charge on any atom is 0.178 e. The van der Waals surface area contributed by atoms with Gasteiger partial charge in [0.05, 0.1) is 30.8 Å². The van der Waals surface area contributed by atoms with Gasteiger partial charge in [-0.05, 0) is 38.2 Å². The highest BCUT2D eigenvalue weighted by Gasteiger charge is 2.09. The number of hydrogen-bond acceptors (Lipinski definition) is 3. The van der Waals surface area contributed by atoms with Crippen molar-refractivity contribution in [3.63, 3.8) is 0 Å². The summed E-state index contributed by atoms with van der Waals surface area (Å²) in [6, 6.07) is 5.88. The van der Waals surface area contributed by atoms with Gasteiger partial charge >= 0.3 is 0 Å². The number of benzene rings is 1. The lowest BCUT2D eigenvalue weighted by molar-refractivity contribution is 0.0645. The molecule has 0 fully saturated rings. The molecule has 0 spiro atoms. The van der Waals surface area contributed by atoms with Gasteiger partial charge < -0.3 is 19.0 Å². The summed E-state index contributed by atoms with van der Waals surface area (Å²) in [5, 5.41) is 0. The van der Waals surface area contributed by atoms with Gasteiger partial charge in [0.25, 0.3) is 0 Å². The lowest BCUT2D eigenvalue weighted by Gasteiger charge is -2.13. The first-order valence-electron chi connectivity index (χ1n) is 6.04. The molecule has 0 amide bonds. The van der Waals surface area contributed by atoms with Gasteiger partial charge in [-0.1, -0.05) is 0 Å². The predicted molar refractivity (Wildman–Crippen MR) is 74.8 cm³/mol. The van der Waals surface area contributed by atoms with Crippen LogP contribution in [0.4, 0.5) is 0 Å². The first-order valence-corrected chi connectivity index (χ1v) is 6.44. The Labute approximate surface area is 112 Å². The second kappa shape index (κ2) is 5.54. The molecule has 5 heteroatoms. The van der Waals surface area contributed by atoms with Gasteiger partial charge in [0.15, 0.2) is 4.77 Å². The number of H-pyrrole nitrogens is 1. The molecule has 1 atom stereocenters. The largest absolute Gasteiger partial charge is 0.497 e. The maximum absolute atomic E-state index is 5.56. The highest BCUT2D eigenvalue weighted by atomic mass is 32.1. The van der Waals surface area contributed by atoms with E-state index in [1.807, 2.05) is 36.6 Å². The molecular formula is C13H18N2O2S. The third-order valence-electron chi connectivity index (χ3n) is 2.87. The Morgan fingerprint density at radius 2 is 2.22 bits per heavy atom. The number of ether oxygens (including phenoxy) is 2. The first kappa shape index (κ1) is 13.1. The molecule has 2 aromatic rings. The fourth-order valence-electron chi connectivity index (χ4n) is 2.04. The van der Waals surface area contributed by atoms with Crippen LogP contribution in [0.3, 0.4) is 0 Å². The van der Waals surface area contributed by atoms with Gasteiger partial charge in [-0.15, -0.1) is 0 Å². The van der Waals surface area contributed by atoms with E-state index in [-0.39, 0.29) is 6.10 Å². The molecule has 18 heavy (non-hydrogen) atoms. The van der Waals surface area contributed by atoms with E-state index in [1.54, 1.807) is 7.11 Å². The van der Waals surface area contributed by atoms with E-state index in [9.17, 15) is 0 Å². The molecule has 1 N–H and O–H groups in total. The summed E-state index contributed by atoms with van der Waals surface area (Å²) in [5.74, 6) is 0.828. The number of nitrogens with one attached hydrogen (secondary N) is 1. The van der Waals surface area contributed by atoms with Crippen LogP contribution in [0.2, 0.25) is 0 Å². The Hall–Kier alpha value is -1.33. The molecule has 2 rings (SSSR count). The summed E-state index contributed by atoms with van der Waals surface area (Å²) in [6.45, 7) is 5.48. The van der Waals surface area contributed by atoms with Crippen LogP contribution < -0.4 is 4.74 Å². The second-order valence-electron chi connectivity index (χ2n) is 4.19. The van der Waals surface area contributed by atoms with Gasteiger partial charge in [-0.3, -0.25) is 0 Å². The van der Waals surface area contributed by atoms with Crippen molar-refractivity contribution in [2.24, 2.45) is 0 Å². The molecule has 0 aliphatic heterocycles. The standard InChI is InChI=1S/C13H18N2O2S/c1-4-17-9(2)8-15-12-7-10(16-3)5-6-11(12)14-13(15)18/h5-7,9H,4,8H2,1-3H3,(H,14,18). The number of hydrogen-bond donors (Lipinski definition) is 1. The second-order valence-corrected chi connectivity index (χ2v) is 4.58. The van der Waals surface area contributed by atoms with Crippen LogP contribution >= 0.6 is 12.2 Å². The Balaban J connectivity index is 2.41. The maximum atomic E-state index is 5.56. The zero-order valence-corrected chi connectivity index (χ0v) is 11.7. The van der Waals surface area contributed by atoms with E-state index in [0.717, 1.165) is 23.3 Å². The molecule has 4 nitrogen and oxygen atoms in total. The predicted octanol–water partition coefficient (Wildman–Crippen LogP) is 3.13. The Morgan fingerprint density at radius 1 is 1.44 bits per heavy atom. The van der Waals surface area contributed by atoms with Crippen LogP contribution in [0.15, 0.2) is 18.2 Å². The van der Waals surface area contributed by atoms with Crippen molar-refractivity contribution < 1.29 is 9.47 Å². The molecule has 0 saturated heterocycles. The van der Waals surface area contributed by atoms with Crippen LogP contribution in [0.1, 0.15) is 13.8 Å². The average Bonchev–Trinajstić information content (AvgIpc) is 2.65. The SMILES string of the molecule is CCOC(C)Cn1c(=S)[nH]c2ccc(OC)cc21. The summed E-state index contributed by atoms with van der Waals surface area (Å²) < 4.78 is 13.6. The van der Waals surface area contributed by atoms with Crippen molar-refractivity contribution in [2.45, 2.75) is 26.5 Å². The van der Waals surface area contributed by atoms with E-state index in [2.05, 4.69) is 4.98 Å². The smallest absolute Gasteiger partial charge is 0.178 e. The molecule has 98 valence electrons. The van der Waals surface area contributed by atoms with Crippen molar-refractivity contribution in [1.82, 2.24) is 9.55 Å². The quantitative estimate of drug-likeness (QED) is 0.845. The van der Waals surface area contributed by atoms with E-state index in [0.29, 0.717) is 11.4 Å². The molecule has 1 heterocycles.